The average Bonchev–Trinajstić information content (AvgIpc) is 2.18. The minimum atomic E-state index is -2.98. The van der Waals surface area contributed by atoms with Crippen LogP contribution in [0.4, 0.5) is 5.69 Å². The maximum absolute atomic E-state index is 10.9. The first kappa shape index (κ1) is 13.0. The monoisotopic (exact) mass is 302 g/mol. The molecule has 0 fully saturated rings. The Morgan fingerprint density at radius 3 is 2.75 bits per heavy atom. The molecule has 1 aromatic carbocycles. The van der Waals surface area contributed by atoms with Gasteiger partial charge in [-0.15, -0.1) is 0 Å². The topological polar surface area (TPSA) is 70.0 Å². The number of benzene rings is 1. The Labute approximate surface area is 103 Å². The number of nitrogens with one attached hydrogen (secondary N) is 1. The molecule has 0 heterocycles. The molecule has 86 valence electrons. The van der Waals surface area contributed by atoms with Gasteiger partial charge in [-0.05, 0) is 18.2 Å². The van der Waals surface area contributed by atoms with Gasteiger partial charge in [-0.1, -0.05) is 15.9 Å². The van der Waals surface area contributed by atoms with Crippen molar-refractivity contribution in [3.8, 4) is 6.07 Å². The van der Waals surface area contributed by atoms with Crippen molar-refractivity contribution in [2.75, 3.05) is 23.9 Å². The van der Waals surface area contributed by atoms with Crippen LogP contribution in [-0.4, -0.2) is 27.0 Å². The molecule has 0 aliphatic heterocycles. The number of nitrogens with zero attached hydrogens (tertiary/aromatic N) is 1. The van der Waals surface area contributed by atoms with Gasteiger partial charge in [0.15, 0.2) is 0 Å². The predicted octanol–water partition coefficient (Wildman–Crippen LogP) is 1.78. The molecule has 1 N–H and O–H groups in total. The van der Waals surface area contributed by atoms with Gasteiger partial charge in [-0.3, -0.25) is 0 Å². The van der Waals surface area contributed by atoms with Crippen molar-refractivity contribution in [2.24, 2.45) is 0 Å². The molecule has 6 heteroatoms. The highest BCUT2D eigenvalue weighted by molar-refractivity contribution is 9.10. The molecule has 4 nitrogen and oxygen atoms in total. The van der Waals surface area contributed by atoms with Crippen LogP contribution in [0.15, 0.2) is 22.7 Å². The Morgan fingerprint density at radius 2 is 2.19 bits per heavy atom. The summed E-state index contributed by atoms with van der Waals surface area (Å²) < 4.78 is 22.7. The Bertz CT molecular complexity index is 520. The molecule has 0 aliphatic carbocycles. The molecule has 0 bridgehead atoms. The first-order valence-electron chi connectivity index (χ1n) is 4.53. The zero-order valence-electron chi connectivity index (χ0n) is 8.70. The lowest BCUT2D eigenvalue weighted by Crippen LogP contribution is -2.14. The molecule has 0 radical (unpaired) electrons. The molecule has 0 saturated heterocycles. The molecule has 0 spiro atoms. The number of nitriles is 1. The van der Waals surface area contributed by atoms with E-state index < -0.39 is 9.84 Å². The highest BCUT2D eigenvalue weighted by atomic mass is 79.9. The second-order valence-electron chi connectivity index (χ2n) is 3.36. The van der Waals surface area contributed by atoms with Crippen molar-refractivity contribution >= 4 is 31.5 Å². The van der Waals surface area contributed by atoms with Crippen molar-refractivity contribution < 1.29 is 8.42 Å². The number of hydrogen-bond donors (Lipinski definition) is 1. The summed E-state index contributed by atoms with van der Waals surface area (Å²) in [7, 11) is -2.98. The lowest BCUT2D eigenvalue weighted by atomic mass is 10.2. The van der Waals surface area contributed by atoms with Crippen molar-refractivity contribution in [2.45, 2.75) is 0 Å². The fourth-order valence-corrected chi connectivity index (χ4v) is 1.97. The van der Waals surface area contributed by atoms with Crippen LogP contribution in [0.25, 0.3) is 0 Å². The van der Waals surface area contributed by atoms with Crippen LogP contribution in [-0.2, 0) is 9.84 Å². The molecule has 0 aliphatic rings. The van der Waals surface area contributed by atoms with Crippen LogP contribution >= 0.6 is 15.9 Å². The molecule has 0 aromatic heterocycles. The van der Waals surface area contributed by atoms with E-state index in [0.717, 1.165) is 4.47 Å². The number of halogens is 1. The third-order valence-electron chi connectivity index (χ3n) is 1.89. The maximum Gasteiger partial charge on any atom is 0.149 e. The summed E-state index contributed by atoms with van der Waals surface area (Å²) in [5.41, 5.74) is 1.14. The molecule has 16 heavy (non-hydrogen) atoms. The van der Waals surface area contributed by atoms with E-state index in [1.807, 2.05) is 6.07 Å². The molecule has 0 atom stereocenters. The van der Waals surface area contributed by atoms with E-state index in [2.05, 4.69) is 21.2 Å². The lowest BCUT2D eigenvalue weighted by molar-refractivity contribution is 0.602. The Hall–Kier alpha value is -1.06. The van der Waals surface area contributed by atoms with Crippen LogP contribution in [0.2, 0.25) is 0 Å². The third kappa shape index (κ3) is 4.21. The Morgan fingerprint density at radius 1 is 1.50 bits per heavy atom. The smallest absolute Gasteiger partial charge is 0.149 e. The molecular weight excluding hydrogens is 292 g/mol. The second-order valence-corrected chi connectivity index (χ2v) is 6.53. The molecule has 1 aromatic rings. The molecule has 0 unspecified atom stereocenters. The van der Waals surface area contributed by atoms with Crippen LogP contribution in [0.1, 0.15) is 5.56 Å². The van der Waals surface area contributed by atoms with Crippen molar-refractivity contribution in [3.05, 3.63) is 28.2 Å². The minimum Gasteiger partial charge on any atom is -0.383 e. The van der Waals surface area contributed by atoms with Gasteiger partial charge in [0.05, 0.1) is 17.0 Å². The van der Waals surface area contributed by atoms with Crippen molar-refractivity contribution in [3.63, 3.8) is 0 Å². The van der Waals surface area contributed by atoms with E-state index in [4.69, 9.17) is 5.26 Å². The number of rotatable bonds is 4. The van der Waals surface area contributed by atoms with Gasteiger partial charge < -0.3 is 5.32 Å². The quantitative estimate of drug-likeness (QED) is 0.920. The maximum atomic E-state index is 10.9. The van der Waals surface area contributed by atoms with Gasteiger partial charge in [-0.25, -0.2) is 8.42 Å². The summed E-state index contributed by atoms with van der Waals surface area (Å²) in [6, 6.07) is 7.26. The fourth-order valence-electron chi connectivity index (χ4n) is 1.13. The van der Waals surface area contributed by atoms with Crippen LogP contribution in [0.3, 0.4) is 0 Å². The van der Waals surface area contributed by atoms with Crippen molar-refractivity contribution in [1.82, 2.24) is 0 Å². The summed E-state index contributed by atoms with van der Waals surface area (Å²) >= 11 is 3.26. The largest absolute Gasteiger partial charge is 0.383 e. The highest BCUT2D eigenvalue weighted by Gasteiger charge is 2.04. The summed E-state index contributed by atoms with van der Waals surface area (Å²) in [6.45, 7) is 0.301. The average molecular weight is 303 g/mol. The Balaban J connectivity index is 2.72. The molecule has 1 rings (SSSR count). The summed E-state index contributed by atoms with van der Waals surface area (Å²) in [5.74, 6) is 0.0495. The van der Waals surface area contributed by atoms with E-state index in [9.17, 15) is 8.42 Å². The second kappa shape index (κ2) is 5.32. The first-order valence-corrected chi connectivity index (χ1v) is 7.39. The fraction of sp³-hybridized carbons (Fsp3) is 0.300. The molecular formula is C10H11BrN2O2S. The van der Waals surface area contributed by atoms with Gasteiger partial charge in [-0.2, -0.15) is 5.26 Å². The summed E-state index contributed by atoms with van der Waals surface area (Å²) in [6.07, 6.45) is 1.18. The lowest BCUT2D eigenvalue weighted by Gasteiger charge is -2.07. The SMILES string of the molecule is CS(=O)(=O)CCNc1ccc(Br)cc1C#N. The predicted molar refractivity (Wildman–Crippen MR) is 67.1 cm³/mol. The van der Waals surface area contributed by atoms with Crippen LogP contribution < -0.4 is 5.32 Å². The third-order valence-corrected chi connectivity index (χ3v) is 3.33. The number of hydrogen-bond acceptors (Lipinski definition) is 4. The summed E-state index contributed by atoms with van der Waals surface area (Å²) in [5, 5.41) is 11.8. The number of anilines is 1. The van der Waals surface area contributed by atoms with Crippen LogP contribution in [0, 0.1) is 11.3 Å². The van der Waals surface area contributed by atoms with Gasteiger partial charge in [0.1, 0.15) is 15.9 Å². The van der Waals surface area contributed by atoms with Crippen molar-refractivity contribution in [1.29, 1.82) is 5.26 Å². The first-order chi connectivity index (χ1) is 7.42. The van der Waals surface area contributed by atoms with E-state index in [-0.39, 0.29) is 5.75 Å². The van der Waals surface area contributed by atoms with Crippen LogP contribution in [0.5, 0.6) is 0 Å². The zero-order valence-corrected chi connectivity index (χ0v) is 11.1. The Kier molecular flexibility index (Phi) is 4.33. The van der Waals surface area contributed by atoms with Gasteiger partial charge in [0, 0.05) is 17.3 Å². The van der Waals surface area contributed by atoms with E-state index in [1.54, 1.807) is 18.2 Å². The highest BCUT2D eigenvalue weighted by Crippen LogP contribution is 2.19. The van der Waals surface area contributed by atoms with E-state index >= 15 is 0 Å². The molecule has 0 amide bonds. The number of sulfone groups is 1. The van der Waals surface area contributed by atoms with Gasteiger partial charge >= 0.3 is 0 Å². The minimum absolute atomic E-state index is 0.0495. The summed E-state index contributed by atoms with van der Waals surface area (Å²) in [4.78, 5) is 0. The standard InChI is InChI=1S/C10H11BrN2O2S/c1-16(14,15)5-4-13-10-3-2-9(11)6-8(10)7-12/h2-3,6,13H,4-5H2,1H3. The zero-order chi connectivity index (χ0) is 12.2. The van der Waals surface area contributed by atoms with E-state index in [1.165, 1.54) is 6.26 Å². The normalized spacial score (nSPS) is 10.8. The van der Waals surface area contributed by atoms with Gasteiger partial charge in [0.2, 0.25) is 0 Å². The van der Waals surface area contributed by atoms with Gasteiger partial charge in [0.25, 0.3) is 0 Å². The van der Waals surface area contributed by atoms with E-state index in [0.29, 0.717) is 17.8 Å². The molecule has 0 saturated carbocycles.